The molecule has 14 heavy (non-hydrogen) atoms. The van der Waals surface area contributed by atoms with E-state index < -0.39 is 0 Å². The molecule has 2 rings (SSSR count). The third-order valence-electron chi connectivity index (χ3n) is 1.88. The van der Waals surface area contributed by atoms with Crippen molar-refractivity contribution in [2.75, 3.05) is 11.9 Å². The van der Waals surface area contributed by atoms with Gasteiger partial charge in [-0.1, -0.05) is 0 Å². The van der Waals surface area contributed by atoms with Crippen LogP contribution in [-0.4, -0.2) is 11.5 Å². The highest BCUT2D eigenvalue weighted by Gasteiger charge is 2.10. The summed E-state index contributed by atoms with van der Waals surface area (Å²) in [6.07, 6.45) is 1.67. The molecule has 0 atom stereocenters. The minimum atomic E-state index is 0.836. The molecule has 0 amide bonds. The van der Waals surface area contributed by atoms with Gasteiger partial charge in [0.05, 0.1) is 6.26 Å². The first kappa shape index (κ1) is 9.27. The largest absolute Gasteiger partial charge is 0.463 e. The van der Waals surface area contributed by atoms with Gasteiger partial charge in [-0.2, -0.15) is 0 Å². The van der Waals surface area contributed by atoms with Gasteiger partial charge in [0.15, 0.2) is 10.9 Å². The zero-order chi connectivity index (χ0) is 9.97. The molecular weight excluding hydrogens is 196 g/mol. The molecule has 0 fully saturated rings. The number of thiazole rings is 1. The Balaban J connectivity index is 2.35. The number of aromatic nitrogens is 1. The predicted molar refractivity (Wildman–Crippen MR) is 58.7 cm³/mol. The van der Waals surface area contributed by atoms with Crippen molar-refractivity contribution in [3.8, 4) is 11.5 Å². The molecule has 0 saturated carbocycles. The maximum atomic E-state index is 5.31. The van der Waals surface area contributed by atoms with E-state index in [0.29, 0.717) is 0 Å². The summed E-state index contributed by atoms with van der Waals surface area (Å²) in [7, 11) is 0. The molecule has 0 aliphatic carbocycles. The topological polar surface area (TPSA) is 38.1 Å². The first-order valence-electron chi connectivity index (χ1n) is 4.56. The molecule has 0 bridgehead atoms. The molecule has 0 saturated heterocycles. The van der Waals surface area contributed by atoms with E-state index in [2.05, 4.69) is 24.1 Å². The minimum absolute atomic E-state index is 0.836. The van der Waals surface area contributed by atoms with E-state index in [0.717, 1.165) is 23.1 Å². The molecule has 0 aromatic carbocycles. The predicted octanol–water partition coefficient (Wildman–Crippen LogP) is 3.14. The van der Waals surface area contributed by atoms with Gasteiger partial charge in [-0.25, -0.2) is 4.98 Å². The smallest absolute Gasteiger partial charge is 0.183 e. The van der Waals surface area contributed by atoms with Crippen LogP contribution in [-0.2, 0) is 0 Å². The highest BCUT2D eigenvalue weighted by molar-refractivity contribution is 7.15. The van der Waals surface area contributed by atoms with E-state index in [1.807, 2.05) is 12.1 Å². The van der Waals surface area contributed by atoms with Crippen LogP contribution in [0.25, 0.3) is 11.5 Å². The number of aryl methyl sites for hydroxylation is 1. The molecule has 0 unspecified atom stereocenters. The van der Waals surface area contributed by atoms with E-state index in [9.17, 15) is 0 Å². The summed E-state index contributed by atoms with van der Waals surface area (Å²) in [5.41, 5.74) is 0.941. The van der Waals surface area contributed by atoms with Crippen LogP contribution in [0.3, 0.4) is 0 Å². The molecule has 0 radical (unpaired) electrons. The summed E-state index contributed by atoms with van der Waals surface area (Å²) < 4.78 is 5.31. The van der Waals surface area contributed by atoms with Gasteiger partial charge in [-0.15, -0.1) is 11.3 Å². The maximum Gasteiger partial charge on any atom is 0.183 e. The van der Waals surface area contributed by atoms with Crippen LogP contribution in [0.1, 0.15) is 11.8 Å². The Morgan fingerprint density at radius 2 is 2.43 bits per heavy atom. The summed E-state index contributed by atoms with van der Waals surface area (Å²) in [6, 6.07) is 3.80. The van der Waals surface area contributed by atoms with Gasteiger partial charge in [-0.05, 0) is 26.0 Å². The second-order valence-corrected chi connectivity index (χ2v) is 4.13. The number of hydrogen-bond donors (Lipinski definition) is 1. The lowest BCUT2D eigenvalue weighted by Gasteiger charge is -1.93. The Morgan fingerprint density at radius 1 is 1.57 bits per heavy atom. The van der Waals surface area contributed by atoms with Gasteiger partial charge in [0, 0.05) is 11.4 Å². The number of rotatable bonds is 3. The molecular formula is C10H12N2OS. The molecule has 74 valence electrons. The summed E-state index contributed by atoms with van der Waals surface area (Å²) in [5, 5.41) is 4.15. The van der Waals surface area contributed by atoms with Crippen LogP contribution in [0, 0.1) is 6.92 Å². The van der Waals surface area contributed by atoms with Crippen LogP contribution in [0.2, 0.25) is 0 Å². The zero-order valence-corrected chi connectivity index (χ0v) is 9.02. The van der Waals surface area contributed by atoms with Crippen molar-refractivity contribution in [2.24, 2.45) is 0 Å². The van der Waals surface area contributed by atoms with E-state index >= 15 is 0 Å². The van der Waals surface area contributed by atoms with Crippen LogP contribution in [0.5, 0.6) is 0 Å². The molecule has 2 aromatic heterocycles. The average molecular weight is 208 g/mol. The number of nitrogens with one attached hydrogen (secondary N) is 1. The van der Waals surface area contributed by atoms with Crippen molar-refractivity contribution in [3.05, 3.63) is 23.3 Å². The lowest BCUT2D eigenvalue weighted by molar-refractivity contribution is 0.580. The Morgan fingerprint density at radius 3 is 3.07 bits per heavy atom. The fourth-order valence-corrected chi connectivity index (χ4v) is 2.15. The highest BCUT2D eigenvalue weighted by atomic mass is 32.1. The monoisotopic (exact) mass is 208 g/mol. The fraction of sp³-hybridized carbons (Fsp3) is 0.300. The number of furan rings is 1. The molecule has 0 aliphatic rings. The molecule has 0 aliphatic heterocycles. The average Bonchev–Trinajstić information content (AvgIpc) is 2.74. The summed E-state index contributed by atoms with van der Waals surface area (Å²) in [4.78, 5) is 5.63. The van der Waals surface area contributed by atoms with E-state index in [1.165, 1.54) is 4.88 Å². The van der Waals surface area contributed by atoms with Crippen LogP contribution in [0.15, 0.2) is 22.8 Å². The van der Waals surface area contributed by atoms with E-state index in [1.54, 1.807) is 17.6 Å². The van der Waals surface area contributed by atoms with Crippen molar-refractivity contribution in [3.63, 3.8) is 0 Å². The van der Waals surface area contributed by atoms with Crippen LogP contribution < -0.4 is 5.32 Å². The lowest BCUT2D eigenvalue weighted by Crippen LogP contribution is -1.94. The Kier molecular flexibility index (Phi) is 2.54. The van der Waals surface area contributed by atoms with Crippen molar-refractivity contribution >= 4 is 16.5 Å². The van der Waals surface area contributed by atoms with Crippen molar-refractivity contribution < 1.29 is 4.42 Å². The van der Waals surface area contributed by atoms with Gasteiger partial charge in [0.1, 0.15) is 5.69 Å². The first-order valence-corrected chi connectivity index (χ1v) is 5.38. The standard InChI is InChI=1S/C10H12N2OS/c1-3-11-10-12-9(7(2)14-10)8-5-4-6-13-8/h4-6H,3H2,1-2H3,(H,11,12). The Labute approximate surface area is 86.8 Å². The SMILES string of the molecule is CCNc1nc(-c2ccco2)c(C)s1. The highest BCUT2D eigenvalue weighted by Crippen LogP contribution is 2.30. The maximum absolute atomic E-state index is 5.31. The summed E-state index contributed by atoms with van der Waals surface area (Å²) in [5.74, 6) is 0.836. The second-order valence-electron chi connectivity index (χ2n) is 2.93. The lowest BCUT2D eigenvalue weighted by atomic mass is 10.3. The molecule has 0 spiro atoms. The Bertz CT molecular complexity index is 406. The summed E-state index contributed by atoms with van der Waals surface area (Å²) >= 11 is 1.65. The van der Waals surface area contributed by atoms with Crippen LogP contribution >= 0.6 is 11.3 Å². The second kappa shape index (κ2) is 3.84. The van der Waals surface area contributed by atoms with Crippen molar-refractivity contribution in [1.82, 2.24) is 4.98 Å². The van der Waals surface area contributed by atoms with Crippen LogP contribution in [0.4, 0.5) is 5.13 Å². The van der Waals surface area contributed by atoms with Gasteiger partial charge in [-0.3, -0.25) is 0 Å². The minimum Gasteiger partial charge on any atom is -0.463 e. The van der Waals surface area contributed by atoms with Gasteiger partial charge >= 0.3 is 0 Å². The van der Waals surface area contributed by atoms with Crippen molar-refractivity contribution in [1.29, 1.82) is 0 Å². The van der Waals surface area contributed by atoms with E-state index in [-0.39, 0.29) is 0 Å². The zero-order valence-electron chi connectivity index (χ0n) is 8.20. The molecule has 3 nitrogen and oxygen atoms in total. The van der Waals surface area contributed by atoms with Crippen molar-refractivity contribution in [2.45, 2.75) is 13.8 Å². The Hall–Kier alpha value is -1.29. The number of nitrogens with zero attached hydrogens (tertiary/aromatic N) is 1. The molecule has 4 heteroatoms. The third-order valence-corrected chi connectivity index (χ3v) is 2.81. The fourth-order valence-electron chi connectivity index (χ4n) is 1.27. The van der Waals surface area contributed by atoms with Gasteiger partial charge < -0.3 is 9.73 Å². The van der Waals surface area contributed by atoms with Gasteiger partial charge in [0.2, 0.25) is 0 Å². The molecule has 1 N–H and O–H groups in total. The normalized spacial score (nSPS) is 10.4. The molecule has 2 heterocycles. The quantitative estimate of drug-likeness (QED) is 0.842. The third kappa shape index (κ3) is 1.65. The molecule has 2 aromatic rings. The number of anilines is 1. The number of hydrogen-bond acceptors (Lipinski definition) is 4. The van der Waals surface area contributed by atoms with Gasteiger partial charge in [0.25, 0.3) is 0 Å². The van der Waals surface area contributed by atoms with E-state index in [4.69, 9.17) is 4.42 Å². The first-order chi connectivity index (χ1) is 6.81. The summed E-state index contributed by atoms with van der Waals surface area (Å²) in [6.45, 7) is 5.00.